The third-order valence-electron chi connectivity index (χ3n) is 5.72. The fraction of sp³-hybridized carbons (Fsp3) is 0.400. The van der Waals surface area contributed by atoms with Gasteiger partial charge in [0.05, 0.1) is 5.69 Å². The van der Waals surface area contributed by atoms with E-state index in [4.69, 9.17) is 11.6 Å². The molecule has 1 heterocycles. The van der Waals surface area contributed by atoms with Gasteiger partial charge in [-0.3, -0.25) is 9.36 Å². The molecule has 1 aliphatic carbocycles. The van der Waals surface area contributed by atoms with Gasteiger partial charge >= 0.3 is 0 Å². The molecule has 0 atom stereocenters. The van der Waals surface area contributed by atoms with Crippen molar-refractivity contribution < 1.29 is 4.79 Å². The first-order chi connectivity index (χ1) is 15.7. The number of hydrogen-bond donors (Lipinski definition) is 1. The van der Waals surface area contributed by atoms with Crippen LogP contribution in [0.2, 0.25) is 5.02 Å². The molecular formula is C25H29ClN4OS. The third-order valence-corrected chi connectivity index (χ3v) is 6.97. The van der Waals surface area contributed by atoms with Gasteiger partial charge in [0.1, 0.15) is 5.82 Å². The van der Waals surface area contributed by atoms with E-state index >= 15 is 0 Å². The predicted octanol–water partition coefficient (Wildman–Crippen LogP) is 5.83. The number of thioether (sulfide) groups is 1. The number of carbonyl (C=O) groups excluding carboxylic acids is 1. The average Bonchev–Trinajstić information content (AvgIpc) is 3.20. The molecule has 7 heteroatoms. The summed E-state index contributed by atoms with van der Waals surface area (Å²) in [5.41, 5.74) is 2.13. The van der Waals surface area contributed by atoms with Crippen LogP contribution in [0.15, 0.2) is 59.8 Å². The lowest BCUT2D eigenvalue weighted by atomic mass is 9.95. The van der Waals surface area contributed by atoms with Crippen molar-refractivity contribution >= 4 is 29.3 Å². The molecule has 168 valence electrons. The summed E-state index contributed by atoms with van der Waals surface area (Å²) in [7, 11) is 0. The molecule has 0 saturated heterocycles. The van der Waals surface area contributed by atoms with E-state index in [2.05, 4.69) is 32.2 Å². The van der Waals surface area contributed by atoms with E-state index in [0.29, 0.717) is 23.9 Å². The highest BCUT2D eigenvalue weighted by atomic mass is 35.5. The molecule has 1 saturated carbocycles. The van der Waals surface area contributed by atoms with Gasteiger partial charge in [0.2, 0.25) is 5.91 Å². The minimum Gasteiger partial charge on any atom is -0.353 e. The Morgan fingerprint density at radius 2 is 1.88 bits per heavy atom. The van der Waals surface area contributed by atoms with Crippen LogP contribution in [0.25, 0.3) is 5.69 Å². The normalized spacial score (nSPS) is 14.4. The highest BCUT2D eigenvalue weighted by molar-refractivity contribution is 7.99. The molecule has 0 bridgehead atoms. The zero-order valence-corrected chi connectivity index (χ0v) is 19.7. The fourth-order valence-corrected chi connectivity index (χ4v) is 5.20. The molecule has 4 rings (SSSR count). The van der Waals surface area contributed by atoms with E-state index in [1.54, 1.807) is 11.8 Å². The van der Waals surface area contributed by atoms with E-state index in [-0.39, 0.29) is 5.91 Å². The number of benzene rings is 2. The van der Waals surface area contributed by atoms with Crippen LogP contribution >= 0.6 is 23.4 Å². The first kappa shape index (κ1) is 22.9. The van der Waals surface area contributed by atoms with Gasteiger partial charge in [-0.15, -0.1) is 10.2 Å². The summed E-state index contributed by atoms with van der Waals surface area (Å²) < 4.78 is 2.08. The standard InChI is InChI=1S/C25H29ClN4OS/c26-20-11-7-14-22(18-20)30-23(17-19-9-3-1-4-10-19)28-29-25(30)32-16-8-15-24(31)27-21-12-5-2-6-13-21/h1,3-4,7,9-11,14,18,21H,2,5-6,8,12-13,15-17H2,(H,27,31). The van der Waals surface area contributed by atoms with Crippen molar-refractivity contribution in [3.63, 3.8) is 0 Å². The lowest BCUT2D eigenvalue weighted by Crippen LogP contribution is -2.36. The minimum atomic E-state index is 0.165. The van der Waals surface area contributed by atoms with Crippen molar-refractivity contribution in [2.75, 3.05) is 5.75 Å². The molecule has 1 aliphatic rings. The summed E-state index contributed by atoms with van der Waals surface area (Å²) in [4.78, 5) is 12.3. The monoisotopic (exact) mass is 468 g/mol. The third kappa shape index (κ3) is 6.36. The highest BCUT2D eigenvalue weighted by Crippen LogP contribution is 2.26. The van der Waals surface area contributed by atoms with Gasteiger partial charge in [-0.2, -0.15) is 0 Å². The van der Waals surface area contributed by atoms with Crippen molar-refractivity contribution in [2.24, 2.45) is 0 Å². The van der Waals surface area contributed by atoms with Crippen molar-refractivity contribution in [1.82, 2.24) is 20.1 Å². The summed E-state index contributed by atoms with van der Waals surface area (Å²) in [5, 5.41) is 13.6. The average molecular weight is 469 g/mol. The van der Waals surface area contributed by atoms with Crippen LogP contribution in [0, 0.1) is 0 Å². The molecule has 5 nitrogen and oxygen atoms in total. The number of rotatable bonds is 9. The van der Waals surface area contributed by atoms with Crippen LogP contribution in [-0.2, 0) is 11.2 Å². The number of hydrogen-bond acceptors (Lipinski definition) is 4. The molecule has 0 spiro atoms. The largest absolute Gasteiger partial charge is 0.353 e. The van der Waals surface area contributed by atoms with Crippen LogP contribution in [0.4, 0.5) is 0 Å². The van der Waals surface area contributed by atoms with Gasteiger partial charge in [-0.05, 0) is 43.0 Å². The Bertz CT molecular complexity index is 1020. The predicted molar refractivity (Wildman–Crippen MR) is 131 cm³/mol. The Morgan fingerprint density at radius 3 is 2.66 bits per heavy atom. The highest BCUT2D eigenvalue weighted by Gasteiger charge is 2.17. The van der Waals surface area contributed by atoms with Crippen LogP contribution in [0.1, 0.15) is 56.3 Å². The summed E-state index contributed by atoms with van der Waals surface area (Å²) in [5.74, 6) is 1.84. The molecule has 0 aliphatic heterocycles. The van der Waals surface area contributed by atoms with Crippen molar-refractivity contribution in [1.29, 1.82) is 0 Å². The Kier molecular flexibility index (Phi) is 8.24. The molecule has 1 aromatic heterocycles. The minimum absolute atomic E-state index is 0.165. The Hall–Kier alpha value is -2.31. The summed E-state index contributed by atoms with van der Waals surface area (Å²) in [6.45, 7) is 0. The van der Waals surface area contributed by atoms with Gasteiger partial charge in [0.25, 0.3) is 0 Å². The SMILES string of the molecule is O=C(CCCSc1nnc(Cc2ccccc2)n1-c1cccc(Cl)c1)NC1CCCCC1. The van der Waals surface area contributed by atoms with E-state index in [1.165, 1.54) is 24.8 Å². The summed E-state index contributed by atoms with van der Waals surface area (Å²) in [6.07, 6.45) is 8.02. The van der Waals surface area contributed by atoms with Crippen molar-refractivity contribution in [3.05, 3.63) is 71.0 Å². The maximum absolute atomic E-state index is 12.3. The van der Waals surface area contributed by atoms with E-state index in [0.717, 1.165) is 41.7 Å². The zero-order valence-electron chi connectivity index (χ0n) is 18.2. The van der Waals surface area contributed by atoms with Crippen molar-refractivity contribution in [3.8, 4) is 5.69 Å². The van der Waals surface area contributed by atoms with Crippen LogP contribution < -0.4 is 5.32 Å². The van der Waals surface area contributed by atoms with Gasteiger partial charge in [-0.25, -0.2) is 0 Å². The first-order valence-corrected chi connectivity index (χ1v) is 12.7. The molecule has 1 amide bonds. The molecule has 1 N–H and O–H groups in total. The van der Waals surface area contributed by atoms with E-state index in [9.17, 15) is 4.79 Å². The number of amides is 1. The lowest BCUT2D eigenvalue weighted by Gasteiger charge is -2.22. The summed E-state index contributed by atoms with van der Waals surface area (Å²) in [6, 6.07) is 18.4. The molecule has 2 aromatic carbocycles. The van der Waals surface area contributed by atoms with Crippen LogP contribution in [0.5, 0.6) is 0 Å². The van der Waals surface area contributed by atoms with E-state index in [1.807, 2.05) is 42.5 Å². The Balaban J connectivity index is 1.40. The number of nitrogens with one attached hydrogen (secondary N) is 1. The Morgan fingerprint density at radius 1 is 1.06 bits per heavy atom. The van der Waals surface area contributed by atoms with Gasteiger partial charge < -0.3 is 5.32 Å². The zero-order chi connectivity index (χ0) is 22.2. The molecule has 1 fully saturated rings. The molecular weight excluding hydrogens is 440 g/mol. The van der Waals surface area contributed by atoms with Crippen molar-refractivity contribution in [2.45, 2.75) is 62.6 Å². The molecule has 3 aromatic rings. The van der Waals surface area contributed by atoms with Gasteiger partial charge in [0.15, 0.2) is 5.16 Å². The van der Waals surface area contributed by atoms with Crippen LogP contribution in [0.3, 0.4) is 0 Å². The van der Waals surface area contributed by atoms with Crippen LogP contribution in [-0.4, -0.2) is 32.5 Å². The number of nitrogens with zero attached hydrogens (tertiary/aromatic N) is 3. The fourth-order valence-electron chi connectivity index (χ4n) is 4.10. The maximum Gasteiger partial charge on any atom is 0.220 e. The second-order valence-electron chi connectivity index (χ2n) is 8.23. The maximum atomic E-state index is 12.3. The molecule has 32 heavy (non-hydrogen) atoms. The van der Waals surface area contributed by atoms with Gasteiger partial charge in [0, 0.05) is 29.7 Å². The topological polar surface area (TPSA) is 59.8 Å². The van der Waals surface area contributed by atoms with Gasteiger partial charge in [-0.1, -0.05) is 79.0 Å². The first-order valence-electron chi connectivity index (χ1n) is 11.4. The summed E-state index contributed by atoms with van der Waals surface area (Å²) >= 11 is 7.90. The smallest absolute Gasteiger partial charge is 0.220 e. The number of halogens is 1. The molecule has 0 unspecified atom stereocenters. The van der Waals surface area contributed by atoms with E-state index < -0.39 is 0 Å². The number of carbonyl (C=O) groups is 1. The Labute approximate surface area is 199 Å². The number of aromatic nitrogens is 3. The lowest BCUT2D eigenvalue weighted by molar-refractivity contribution is -0.122. The second kappa shape index (κ2) is 11.5. The second-order valence-corrected chi connectivity index (χ2v) is 9.73. The molecule has 0 radical (unpaired) electrons. The quantitative estimate of drug-likeness (QED) is 0.317.